The number of nitrogens with one attached hydrogen (secondary N) is 2. The van der Waals surface area contributed by atoms with Gasteiger partial charge in [0.1, 0.15) is 10.7 Å². The van der Waals surface area contributed by atoms with E-state index >= 15 is 0 Å². The van der Waals surface area contributed by atoms with Gasteiger partial charge in [0.15, 0.2) is 0 Å². The molecule has 2 N–H and O–H groups in total. The van der Waals surface area contributed by atoms with E-state index in [1.807, 2.05) is 0 Å². The van der Waals surface area contributed by atoms with E-state index in [1.165, 1.54) is 11.6 Å². The predicted octanol–water partition coefficient (Wildman–Crippen LogP) is 2.58. The Hall–Kier alpha value is -1.59. The molecule has 1 aliphatic heterocycles. The lowest BCUT2D eigenvalue weighted by Crippen LogP contribution is -2.23. The van der Waals surface area contributed by atoms with Gasteiger partial charge in [-0.05, 0) is 25.1 Å². The van der Waals surface area contributed by atoms with E-state index in [4.69, 9.17) is 11.6 Å². The third-order valence-corrected chi connectivity index (χ3v) is 3.14. The van der Waals surface area contributed by atoms with Crippen molar-refractivity contribution < 1.29 is 4.92 Å². The average Bonchev–Trinajstić information content (AvgIpc) is 2.37. The second-order valence-electron chi connectivity index (χ2n) is 4.06. The summed E-state index contributed by atoms with van der Waals surface area (Å²) in [6, 6.07) is 4.90. The van der Waals surface area contributed by atoms with Gasteiger partial charge in [0.05, 0.1) is 4.92 Å². The van der Waals surface area contributed by atoms with Crippen molar-refractivity contribution in [3.8, 4) is 0 Å². The molecule has 0 fully saturated rings. The van der Waals surface area contributed by atoms with Crippen molar-refractivity contribution in [1.82, 2.24) is 5.32 Å². The number of benzene rings is 1. The highest BCUT2D eigenvalue weighted by molar-refractivity contribution is 6.33. The molecule has 2 rings (SSSR count). The lowest BCUT2D eigenvalue weighted by molar-refractivity contribution is -0.383. The molecule has 0 aromatic heterocycles. The lowest BCUT2D eigenvalue weighted by Gasteiger charge is -2.15. The van der Waals surface area contributed by atoms with Gasteiger partial charge in [-0.25, -0.2) is 0 Å². The Morgan fingerprint density at radius 3 is 3.00 bits per heavy atom. The van der Waals surface area contributed by atoms with Crippen molar-refractivity contribution in [1.29, 1.82) is 0 Å². The molecule has 0 aliphatic carbocycles. The fraction of sp³-hybridized carbons (Fsp3) is 0.333. The first-order valence-corrected chi connectivity index (χ1v) is 6.11. The number of rotatable bonds is 4. The molecule has 5 nitrogen and oxygen atoms in total. The van der Waals surface area contributed by atoms with Gasteiger partial charge in [0.25, 0.3) is 0 Å². The zero-order valence-corrected chi connectivity index (χ0v) is 10.5. The van der Waals surface area contributed by atoms with Gasteiger partial charge in [-0.2, -0.15) is 0 Å². The monoisotopic (exact) mass is 267 g/mol. The normalized spacial score (nSPS) is 15.1. The summed E-state index contributed by atoms with van der Waals surface area (Å²) >= 11 is 5.84. The molecule has 0 bridgehead atoms. The first-order chi connectivity index (χ1) is 8.68. The molecule has 96 valence electrons. The molecule has 0 spiro atoms. The number of nitro benzene ring substituents is 1. The van der Waals surface area contributed by atoms with E-state index in [0.29, 0.717) is 12.2 Å². The largest absolute Gasteiger partial charge is 0.376 e. The molecular weight excluding hydrogens is 254 g/mol. The molecule has 1 aromatic carbocycles. The lowest BCUT2D eigenvalue weighted by atomic mass is 10.1. The van der Waals surface area contributed by atoms with E-state index in [0.717, 1.165) is 19.5 Å². The van der Waals surface area contributed by atoms with Crippen LogP contribution in [0.3, 0.4) is 0 Å². The zero-order chi connectivity index (χ0) is 13.0. The van der Waals surface area contributed by atoms with Gasteiger partial charge in [-0.15, -0.1) is 0 Å². The number of hydrogen-bond acceptors (Lipinski definition) is 4. The molecule has 0 amide bonds. The van der Waals surface area contributed by atoms with Gasteiger partial charge >= 0.3 is 5.69 Å². The number of nitrogens with zero attached hydrogens (tertiary/aromatic N) is 1. The van der Waals surface area contributed by atoms with Gasteiger partial charge in [0, 0.05) is 13.1 Å². The highest BCUT2D eigenvalue weighted by Crippen LogP contribution is 2.32. The van der Waals surface area contributed by atoms with Crippen LogP contribution in [0.5, 0.6) is 0 Å². The van der Waals surface area contributed by atoms with Crippen molar-refractivity contribution in [2.24, 2.45) is 0 Å². The number of anilines is 1. The standard InChI is InChI=1S/C12H14ClN3O2/c13-10-2-1-3-11(12(10)16(17)18)15-8-9-4-6-14-7-5-9/h1-4,14-15H,5-8H2. The second kappa shape index (κ2) is 5.84. The summed E-state index contributed by atoms with van der Waals surface area (Å²) in [5.41, 5.74) is 1.66. The summed E-state index contributed by atoms with van der Waals surface area (Å²) in [5.74, 6) is 0. The van der Waals surface area contributed by atoms with Crippen molar-refractivity contribution in [3.63, 3.8) is 0 Å². The van der Waals surface area contributed by atoms with Crippen LogP contribution in [0.2, 0.25) is 5.02 Å². The van der Waals surface area contributed by atoms with Crippen LogP contribution in [0, 0.1) is 10.1 Å². The van der Waals surface area contributed by atoms with E-state index in [1.54, 1.807) is 12.1 Å². The zero-order valence-electron chi connectivity index (χ0n) is 9.78. The van der Waals surface area contributed by atoms with Crippen LogP contribution in [-0.2, 0) is 0 Å². The van der Waals surface area contributed by atoms with Crippen molar-refractivity contribution in [2.75, 3.05) is 25.0 Å². The van der Waals surface area contributed by atoms with Gasteiger partial charge in [-0.3, -0.25) is 10.1 Å². The molecule has 0 atom stereocenters. The number of halogens is 1. The molecule has 0 saturated carbocycles. The molecule has 0 unspecified atom stereocenters. The topological polar surface area (TPSA) is 67.2 Å². The minimum Gasteiger partial charge on any atom is -0.376 e. The summed E-state index contributed by atoms with van der Waals surface area (Å²) in [5, 5.41) is 17.4. The summed E-state index contributed by atoms with van der Waals surface area (Å²) in [7, 11) is 0. The summed E-state index contributed by atoms with van der Waals surface area (Å²) < 4.78 is 0. The van der Waals surface area contributed by atoms with Crippen molar-refractivity contribution in [3.05, 3.63) is 45.0 Å². The van der Waals surface area contributed by atoms with Gasteiger partial charge in [-0.1, -0.05) is 29.3 Å². The number of hydrogen-bond donors (Lipinski definition) is 2. The van der Waals surface area contributed by atoms with Crippen LogP contribution in [0.4, 0.5) is 11.4 Å². The maximum atomic E-state index is 11.0. The van der Waals surface area contributed by atoms with Gasteiger partial charge < -0.3 is 10.6 Å². The average molecular weight is 268 g/mol. The van der Waals surface area contributed by atoms with E-state index < -0.39 is 4.92 Å². The van der Waals surface area contributed by atoms with E-state index in [9.17, 15) is 10.1 Å². The third-order valence-electron chi connectivity index (χ3n) is 2.83. The predicted molar refractivity (Wildman–Crippen MR) is 72.2 cm³/mol. The smallest absolute Gasteiger partial charge is 0.310 e. The first-order valence-electron chi connectivity index (χ1n) is 5.74. The third kappa shape index (κ3) is 3.00. The molecule has 0 radical (unpaired) electrons. The Labute approximate surface area is 110 Å². The molecule has 18 heavy (non-hydrogen) atoms. The summed E-state index contributed by atoms with van der Waals surface area (Å²) in [6.45, 7) is 2.42. The minimum atomic E-state index is -0.457. The molecule has 1 aliphatic rings. The Morgan fingerprint density at radius 2 is 2.33 bits per heavy atom. The molecule has 1 heterocycles. The quantitative estimate of drug-likeness (QED) is 0.500. The fourth-order valence-electron chi connectivity index (χ4n) is 1.88. The maximum absolute atomic E-state index is 11.0. The Bertz CT molecular complexity index is 488. The number of nitro groups is 1. The van der Waals surface area contributed by atoms with Crippen molar-refractivity contribution in [2.45, 2.75) is 6.42 Å². The number of para-hydroxylation sites is 1. The summed E-state index contributed by atoms with van der Waals surface area (Å²) in [4.78, 5) is 10.5. The Kier molecular flexibility index (Phi) is 4.17. The fourth-order valence-corrected chi connectivity index (χ4v) is 2.13. The second-order valence-corrected chi connectivity index (χ2v) is 4.47. The first kappa shape index (κ1) is 12.9. The molecular formula is C12H14ClN3O2. The molecule has 1 aromatic rings. The van der Waals surface area contributed by atoms with E-state index in [2.05, 4.69) is 16.7 Å². The SMILES string of the molecule is O=[N+]([O-])c1c(Cl)cccc1NCC1=CCNCC1. The van der Waals surface area contributed by atoms with E-state index in [-0.39, 0.29) is 10.7 Å². The Balaban J connectivity index is 2.11. The van der Waals surface area contributed by atoms with Crippen LogP contribution in [0.25, 0.3) is 0 Å². The highest BCUT2D eigenvalue weighted by Gasteiger charge is 2.18. The van der Waals surface area contributed by atoms with Crippen LogP contribution < -0.4 is 10.6 Å². The molecule has 6 heteroatoms. The summed E-state index contributed by atoms with van der Waals surface area (Å²) in [6.07, 6.45) is 3.06. The van der Waals surface area contributed by atoms with Gasteiger partial charge in [0.2, 0.25) is 0 Å². The van der Waals surface area contributed by atoms with Crippen LogP contribution >= 0.6 is 11.6 Å². The highest BCUT2D eigenvalue weighted by atomic mass is 35.5. The van der Waals surface area contributed by atoms with Crippen LogP contribution in [-0.4, -0.2) is 24.6 Å². The van der Waals surface area contributed by atoms with Crippen LogP contribution in [0.15, 0.2) is 29.8 Å². The Morgan fingerprint density at radius 1 is 1.50 bits per heavy atom. The maximum Gasteiger partial charge on any atom is 0.310 e. The van der Waals surface area contributed by atoms with Crippen LogP contribution in [0.1, 0.15) is 6.42 Å². The minimum absolute atomic E-state index is 0.0614. The van der Waals surface area contributed by atoms with Crippen molar-refractivity contribution >= 4 is 23.0 Å². The molecule has 0 saturated heterocycles.